The normalized spacial score (nSPS) is 33.4. The van der Waals surface area contributed by atoms with Gasteiger partial charge in [0.05, 0.1) is 6.10 Å². The van der Waals surface area contributed by atoms with Crippen molar-refractivity contribution in [1.29, 1.82) is 0 Å². The van der Waals surface area contributed by atoms with Crippen LogP contribution in [-0.4, -0.2) is 25.8 Å². The van der Waals surface area contributed by atoms with Gasteiger partial charge in [0.2, 0.25) is 0 Å². The first kappa shape index (κ1) is 11.4. The number of hydrogen-bond acceptors (Lipinski definition) is 2. The molecule has 2 aliphatic carbocycles. The summed E-state index contributed by atoms with van der Waals surface area (Å²) in [5.74, 6) is 0.977. The van der Waals surface area contributed by atoms with Gasteiger partial charge in [0.25, 0.3) is 0 Å². The van der Waals surface area contributed by atoms with Crippen LogP contribution in [0.4, 0.5) is 0 Å². The van der Waals surface area contributed by atoms with Crippen molar-refractivity contribution in [2.45, 2.75) is 63.5 Å². The van der Waals surface area contributed by atoms with E-state index in [1.54, 1.807) is 0 Å². The second kappa shape index (κ2) is 5.86. The van der Waals surface area contributed by atoms with Crippen molar-refractivity contribution in [2.75, 3.05) is 13.7 Å². The first-order valence-electron chi connectivity index (χ1n) is 6.64. The summed E-state index contributed by atoms with van der Waals surface area (Å²) < 4.78 is 5.39. The van der Waals surface area contributed by atoms with Crippen LogP contribution in [0.5, 0.6) is 0 Å². The quantitative estimate of drug-likeness (QED) is 0.772. The molecular weight excluding hydrogens is 186 g/mol. The summed E-state index contributed by atoms with van der Waals surface area (Å²) in [7, 11) is 1.84. The zero-order chi connectivity index (χ0) is 10.5. The molecule has 2 nitrogen and oxygen atoms in total. The molecule has 0 radical (unpaired) electrons. The van der Waals surface area contributed by atoms with Gasteiger partial charge in [-0.2, -0.15) is 0 Å². The monoisotopic (exact) mass is 211 g/mol. The molecule has 0 bridgehead atoms. The molecular formula is C13H25NO. The molecule has 0 aromatic carbocycles. The molecule has 0 saturated heterocycles. The molecule has 2 fully saturated rings. The highest BCUT2D eigenvalue weighted by Gasteiger charge is 2.22. The number of rotatable bonds is 4. The number of nitrogens with one attached hydrogen (secondary N) is 1. The van der Waals surface area contributed by atoms with Gasteiger partial charge < -0.3 is 10.1 Å². The summed E-state index contributed by atoms with van der Waals surface area (Å²) in [6, 6.07) is 0.775. The largest absolute Gasteiger partial charge is 0.381 e. The van der Waals surface area contributed by atoms with E-state index >= 15 is 0 Å². The third-order valence-corrected chi connectivity index (χ3v) is 4.18. The summed E-state index contributed by atoms with van der Waals surface area (Å²) in [4.78, 5) is 0. The number of methoxy groups -OCH3 is 1. The minimum atomic E-state index is 0.537. The molecule has 0 aromatic heterocycles. The van der Waals surface area contributed by atoms with Gasteiger partial charge in [0.15, 0.2) is 0 Å². The Kier molecular flexibility index (Phi) is 4.45. The molecule has 2 heteroatoms. The molecule has 0 spiro atoms. The molecule has 0 heterocycles. The second-order valence-electron chi connectivity index (χ2n) is 5.27. The van der Waals surface area contributed by atoms with Crippen molar-refractivity contribution in [3.63, 3.8) is 0 Å². The predicted molar refractivity (Wildman–Crippen MR) is 63.0 cm³/mol. The molecule has 0 aromatic rings. The Morgan fingerprint density at radius 2 is 1.67 bits per heavy atom. The smallest absolute Gasteiger partial charge is 0.0572 e. The van der Waals surface area contributed by atoms with Gasteiger partial charge in [0, 0.05) is 13.2 Å². The molecule has 0 aliphatic heterocycles. The average molecular weight is 211 g/mol. The SMILES string of the molecule is COC1CCC(NCC2CCCC2)CC1. The van der Waals surface area contributed by atoms with Gasteiger partial charge in [-0.3, -0.25) is 0 Å². The van der Waals surface area contributed by atoms with E-state index in [2.05, 4.69) is 5.32 Å². The molecule has 2 aliphatic rings. The zero-order valence-corrected chi connectivity index (χ0v) is 10.0. The topological polar surface area (TPSA) is 21.3 Å². The Morgan fingerprint density at radius 1 is 1.00 bits per heavy atom. The highest BCUT2D eigenvalue weighted by Crippen LogP contribution is 2.25. The van der Waals surface area contributed by atoms with E-state index in [4.69, 9.17) is 4.74 Å². The van der Waals surface area contributed by atoms with E-state index in [0.29, 0.717) is 6.10 Å². The lowest BCUT2D eigenvalue weighted by molar-refractivity contribution is 0.0621. The van der Waals surface area contributed by atoms with Crippen LogP contribution in [0.2, 0.25) is 0 Å². The molecule has 0 amide bonds. The Labute approximate surface area is 93.8 Å². The van der Waals surface area contributed by atoms with Crippen molar-refractivity contribution in [2.24, 2.45) is 5.92 Å². The summed E-state index contributed by atoms with van der Waals surface area (Å²) in [6.45, 7) is 1.27. The fraction of sp³-hybridized carbons (Fsp3) is 1.00. The van der Waals surface area contributed by atoms with Crippen molar-refractivity contribution < 1.29 is 4.74 Å². The van der Waals surface area contributed by atoms with Crippen LogP contribution < -0.4 is 5.32 Å². The molecule has 0 atom stereocenters. The van der Waals surface area contributed by atoms with Gasteiger partial charge in [-0.25, -0.2) is 0 Å². The number of ether oxygens (including phenoxy) is 1. The first-order chi connectivity index (χ1) is 7.38. The van der Waals surface area contributed by atoms with Gasteiger partial charge in [0.1, 0.15) is 0 Å². The highest BCUT2D eigenvalue weighted by atomic mass is 16.5. The summed E-state index contributed by atoms with van der Waals surface area (Å²) in [6.07, 6.45) is 11.5. The maximum Gasteiger partial charge on any atom is 0.0572 e. The van der Waals surface area contributed by atoms with Crippen LogP contribution in [0, 0.1) is 5.92 Å². The fourth-order valence-electron chi connectivity index (χ4n) is 3.05. The fourth-order valence-corrected chi connectivity index (χ4v) is 3.05. The van der Waals surface area contributed by atoms with Crippen LogP contribution >= 0.6 is 0 Å². The average Bonchev–Trinajstić information content (AvgIpc) is 2.80. The zero-order valence-electron chi connectivity index (χ0n) is 10.0. The lowest BCUT2D eigenvalue weighted by Gasteiger charge is -2.29. The minimum absolute atomic E-state index is 0.537. The second-order valence-corrected chi connectivity index (χ2v) is 5.27. The number of hydrogen-bond donors (Lipinski definition) is 1. The van der Waals surface area contributed by atoms with Crippen LogP contribution in [0.3, 0.4) is 0 Å². The van der Waals surface area contributed by atoms with Crippen LogP contribution in [0.1, 0.15) is 51.4 Å². The molecule has 15 heavy (non-hydrogen) atoms. The van der Waals surface area contributed by atoms with Crippen LogP contribution in [0.15, 0.2) is 0 Å². The predicted octanol–water partition coefficient (Wildman–Crippen LogP) is 2.72. The maximum atomic E-state index is 5.39. The summed E-state index contributed by atoms with van der Waals surface area (Å²) in [5.41, 5.74) is 0. The van der Waals surface area contributed by atoms with Crippen molar-refractivity contribution in [1.82, 2.24) is 5.32 Å². The molecule has 88 valence electrons. The lowest BCUT2D eigenvalue weighted by Crippen LogP contribution is -2.37. The maximum absolute atomic E-state index is 5.39. The highest BCUT2D eigenvalue weighted by molar-refractivity contribution is 4.79. The standard InChI is InChI=1S/C13H25NO/c1-15-13-8-6-12(7-9-13)14-10-11-4-2-3-5-11/h11-14H,2-10H2,1H3. The van der Waals surface area contributed by atoms with Crippen molar-refractivity contribution in [3.05, 3.63) is 0 Å². The molecule has 2 rings (SSSR count). The van der Waals surface area contributed by atoms with Crippen LogP contribution in [-0.2, 0) is 4.74 Å². The van der Waals surface area contributed by atoms with E-state index < -0.39 is 0 Å². The summed E-state index contributed by atoms with van der Waals surface area (Å²) >= 11 is 0. The van der Waals surface area contributed by atoms with Crippen molar-refractivity contribution >= 4 is 0 Å². The Balaban J connectivity index is 1.59. The minimum Gasteiger partial charge on any atom is -0.381 e. The van der Waals surface area contributed by atoms with E-state index in [0.717, 1.165) is 12.0 Å². The Morgan fingerprint density at radius 3 is 2.27 bits per heavy atom. The van der Waals surface area contributed by atoms with E-state index in [1.807, 2.05) is 7.11 Å². The van der Waals surface area contributed by atoms with E-state index in [9.17, 15) is 0 Å². The summed E-state index contributed by atoms with van der Waals surface area (Å²) in [5, 5.41) is 3.75. The van der Waals surface area contributed by atoms with Crippen molar-refractivity contribution in [3.8, 4) is 0 Å². The third-order valence-electron chi connectivity index (χ3n) is 4.18. The van der Waals surface area contributed by atoms with Gasteiger partial charge in [-0.15, -0.1) is 0 Å². The molecule has 1 N–H and O–H groups in total. The van der Waals surface area contributed by atoms with E-state index in [1.165, 1.54) is 57.9 Å². The van der Waals surface area contributed by atoms with E-state index in [-0.39, 0.29) is 0 Å². The molecule has 2 saturated carbocycles. The lowest BCUT2D eigenvalue weighted by atomic mass is 9.92. The van der Waals surface area contributed by atoms with Gasteiger partial charge in [-0.05, 0) is 51.0 Å². The Bertz CT molecular complexity index is 169. The third kappa shape index (κ3) is 3.46. The Hall–Kier alpha value is -0.0800. The molecule has 0 unspecified atom stereocenters. The van der Waals surface area contributed by atoms with Gasteiger partial charge in [-0.1, -0.05) is 12.8 Å². The first-order valence-corrected chi connectivity index (χ1v) is 6.64. The van der Waals surface area contributed by atoms with Gasteiger partial charge >= 0.3 is 0 Å². The van der Waals surface area contributed by atoms with Crippen LogP contribution in [0.25, 0.3) is 0 Å².